The number of nitrogens with one attached hydrogen (secondary N) is 1. The molecule has 0 aliphatic rings. The first-order valence-corrected chi connectivity index (χ1v) is 5.68. The molecule has 0 bridgehead atoms. The molecule has 92 valence electrons. The van der Waals surface area contributed by atoms with E-state index in [-0.39, 0.29) is 0 Å². The van der Waals surface area contributed by atoms with E-state index >= 15 is 0 Å². The van der Waals surface area contributed by atoms with Gasteiger partial charge in [0.05, 0.1) is 16.9 Å². The number of hydrogen-bond acceptors (Lipinski definition) is 4. The number of aromatic amines is 1. The Morgan fingerprint density at radius 3 is 2.88 bits per heavy atom. The lowest BCUT2D eigenvalue weighted by Crippen LogP contribution is -2.28. The van der Waals surface area contributed by atoms with Gasteiger partial charge in [0.1, 0.15) is 0 Å². The van der Waals surface area contributed by atoms with Crippen LogP contribution >= 0.6 is 0 Å². The van der Waals surface area contributed by atoms with Gasteiger partial charge in [0.2, 0.25) is 0 Å². The second kappa shape index (κ2) is 4.16. The molecule has 1 aromatic carbocycles. The Kier molecular flexibility index (Phi) is 2.83. The third-order valence-electron chi connectivity index (χ3n) is 3.20. The minimum Gasteiger partial charge on any atom is -0.408 e. The summed E-state index contributed by atoms with van der Waals surface area (Å²) in [6, 6.07) is 3.91. The molecule has 3 N–H and O–H groups in total. The van der Waals surface area contributed by atoms with Crippen molar-refractivity contribution < 1.29 is 4.42 Å². The zero-order valence-corrected chi connectivity index (χ0v) is 10.3. The normalized spacial score (nSPS) is 12.9. The second-order valence-electron chi connectivity index (χ2n) is 4.29. The Balaban J connectivity index is 2.53. The average Bonchev–Trinajstić information content (AvgIpc) is 2.65. The fourth-order valence-corrected chi connectivity index (χ4v) is 1.82. The summed E-state index contributed by atoms with van der Waals surface area (Å²) in [4.78, 5) is 15.8. The van der Waals surface area contributed by atoms with Crippen molar-refractivity contribution in [1.82, 2.24) is 4.98 Å². The molecule has 1 atom stereocenters. The summed E-state index contributed by atoms with van der Waals surface area (Å²) in [5, 5.41) is 0. The monoisotopic (exact) mass is 235 g/mol. The maximum Gasteiger partial charge on any atom is 0.417 e. The summed E-state index contributed by atoms with van der Waals surface area (Å²) in [6.45, 7) is 4.25. The zero-order chi connectivity index (χ0) is 12.6. The molecular weight excluding hydrogens is 218 g/mol. The second-order valence-corrected chi connectivity index (χ2v) is 4.29. The van der Waals surface area contributed by atoms with Gasteiger partial charge < -0.3 is 15.1 Å². The smallest absolute Gasteiger partial charge is 0.408 e. The molecule has 1 unspecified atom stereocenters. The predicted octanol–water partition coefficient (Wildman–Crippen LogP) is 1.94. The number of nitrogen functional groups attached to an aromatic ring is 1. The first-order valence-electron chi connectivity index (χ1n) is 5.68. The van der Waals surface area contributed by atoms with Crippen molar-refractivity contribution >= 4 is 22.5 Å². The topological polar surface area (TPSA) is 75.3 Å². The van der Waals surface area contributed by atoms with Crippen molar-refractivity contribution in [1.29, 1.82) is 0 Å². The number of rotatable bonds is 3. The van der Waals surface area contributed by atoms with Crippen molar-refractivity contribution in [2.24, 2.45) is 0 Å². The lowest BCUT2D eigenvalue weighted by Gasteiger charge is -2.27. The minimum atomic E-state index is -0.456. The number of nitrogens with two attached hydrogens (primary N) is 1. The Morgan fingerprint density at radius 1 is 1.53 bits per heavy atom. The van der Waals surface area contributed by atoms with Gasteiger partial charge in [-0.25, -0.2) is 4.79 Å². The van der Waals surface area contributed by atoms with Gasteiger partial charge in [0.25, 0.3) is 0 Å². The number of aromatic nitrogens is 1. The first-order chi connectivity index (χ1) is 8.02. The fraction of sp³-hybridized carbons (Fsp3) is 0.417. The van der Waals surface area contributed by atoms with E-state index in [9.17, 15) is 4.79 Å². The Morgan fingerprint density at radius 2 is 2.24 bits per heavy atom. The zero-order valence-electron chi connectivity index (χ0n) is 10.3. The first kappa shape index (κ1) is 11.6. The van der Waals surface area contributed by atoms with E-state index in [1.807, 2.05) is 13.1 Å². The molecule has 1 heterocycles. The minimum absolute atomic E-state index is 0.383. The van der Waals surface area contributed by atoms with E-state index in [2.05, 4.69) is 23.7 Å². The molecule has 5 heteroatoms. The van der Waals surface area contributed by atoms with Crippen molar-refractivity contribution in [2.45, 2.75) is 26.3 Å². The van der Waals surface area contributed by atoms with Gasteiger partial charge in [-0.2, -0.15) is 0 Å². The Labute approximate surface area is 99.2 Å². The maximum absolute atomic E-state index is 11.1. The summed E-state index contributed by atoms with van der Waals surface area (Å²) in [5.41, 5.74) is 8.66. The van der Waals surface area contributed by atoms with Gasteiger partial charge >= 0.3 is 5.76 Å². The van der Waals surface area contributed by atoms with E-state index in [0.717, 1.165) is 12.1 Å². The molecule has 2 aromatic rings. The van der Waals surface area contributed by atoms with E-state index in [0.29, 0.717) is 22.8 Å². The summed E-state index contributed by atoms with van der Waals surface area (Å²) in [6.07, 6.45) is 1.02. The van der Waals surface area contributed by atoms with Gasteiger partial charge in [-0.3, -0.25) is 4.98 Å². The van der Waals surface area contributed by atoms with Crippen LogP contribution in [0.2, 0.25) is 0 Å². The van der Waals surface area contributed by atoms with Crippen LogP contribution in [-0.2, 0) is 0 Å². The van der Waals surface area contributed by atoms with Crippen molar-refractivity contribution in [3.63, 3.8) is 0 Å². The van der Waals surface area contributed by atoms with Crippen LogP contribution in [0.3, 0.4) is 0 Å². The van der Waals surface area contributed by atoms with E-state index < -0.39 is 5.76 Å². The summed E-state index contributed by atoms with van der Waals surface area (Å²) >= 11 is 0. The van der Waals surface area contributed by atoms with Crippen molar-refractivity contribution in [3.8, 4) is 0 Å². The maximum atomic E-state index is 11.1. The molecule has 0 fully saturated rings. The van der Waals surface area contributed by atoms with Crippen LogP contribution in [0.25, 0.3) is 11.1 Å². The number of fused-ring (bicyclic) bond motifs is 1. The number of nitrogens with zero attached hydrogens (tertiary/aromatic N) is 1. The molecule has 0 saturated heterocycles. The van der Waals surface area contributed by atoms with Gasteiger partial charge in [-0.1, -0.05) is 6.92 Å². The highest BCUT2D eigenvalue weighted by atomic mass is 16.4. The molecule has 1 aromatic heterocycles. The van der Waals surface area contributed by atoms with Crippen LogP contribution in [0, 0.1) is 0 Å². The van der Waals surface area contributed by atoms with Crippen LogP contribution in [-0.4, -0.2) is 18.1 Å². The fourth-order valence-electron chi connectivity index (χ4n) is 1.82. The Bertz CT molecular complexity index is 585. The third kappa shape index (κ3) is 2.00. The number of benzene rings is 1. The summed E-state index contributed by atoms with van der Waals surface area (Å²) in [5.74, 6) is -0.456. The molecule has 5 nitrogen and oxygen atoms in total. The molecule has 0 radical (unpaired) electrons. The van der Waals surface area contributed by atoms with E-state index in [1.165, 1.54) is 0 Å². The highest BCUT2D eigenvalue weighted by molar-refractivity contribution is 5.85. The molecule has 0 aliphatic heterocycles. The van der Waals surface area contributed by atoms with Gasteiger partial charge in [0, 0.05) is 19.2 Å². The van der Waals surface area contributed by atoms with Crippen molar-refractivity contribution in [2.75, 3.05) is 17.7 Å². The lowest BCUT2D eigenvalue weighted by atomic mass is 10.1. The molecule has 17 heavy (non-hydrogen) atoms. The average molecular weight is 235 g/mol. The largest absolute Gasteiger partial charge is 0.417 e. The lowest BCUT2D eigenvalue weighted by molar-refractivity contribution is 0.555. The quantitative estimate of drug-likeness (QED) is 0.797. The molecule has 0 amide bonds. The standard InChI is InChI=1S/C12H17N3O2/c1-4-7(2)15(3)10-6-9-11(5-8(10)13)17-12(16)14-9/h5-7H,4,13H2,1-3H3,(H,14,16). The highest BCUT2D eigenvalue weighted by Gasteiger charge is 2.13. The Hall–Kier alpha value is -1.91. The molecule has 0 spiro atoms. The van der Waals surface area contributed by atoms with Gasteiger partial charge in [0.15, 0.2) is 5.58 Å². The predicted molar refractivity (Wildman–Crippen MR) is 69.4 cm³/mol. The van der Waals surface area contributed by atoms with E-state index in [1.54, 1.807) is 6.07 Å². The van der Waals surface area contributed by atoms with E-state index in [4.69, 9.17) is 10.2 Å². The van der Waals surface area contributed by atoms with Crippen LogP contribution in [0.1, 0.15) is 20.3 Å². The highest BCUT2D eigenvalue weighted by Crippen LogP contribution is 2.28. The van der Waals surface area contributed by atoms with Gasteiger partial charge in [-0.15, -0.1) is 0 Å². The van der Waals surface area contributed by atoms with Crippen molar-refractivity contribution in [3.05, 3.63) is 22.7 Å². The van der Waals surface area contributed by atoms with Crippen LogP contribution in [0.5, 0.6) is 0 Å². The van der Waals surface area contributed by atoms with Gasteiger partial charge in [-0.05, 0) is 19.4 Å². The number of oxazole rings is 1. The van der Waals surface area contributed by atoms with Crippen LogP contribution in [0.4, 0.5) is 11.4 Å². The molecule has 2 rings (SSSR count). The summed E-state index contributed by atoms with van der Waals surface area (Å²) < 4.78 is 4.96. The van der Waals surface area contributed by atoms with Crippen LogP contribution in [0.15, 0.2) is 21.3 Å². The molecule has 0 saturated carbocycles. The molecule has 0 aliphatic carbocycles. The van der Waals surface area contributed by atoms with Crippen LogP contribution < -0.4 is 16.4 Å². The number of H-pyrrole nitrogens is 1. The third-order valence-corrected chi connectivity index (χ3v) is 3.20. The summed E-state index contributed by atoms with van der Waals surface area (Å²) in [7, 11) is 1.99. The number of anilines is 2. The number of hydrogen-bond donors (Lipinski definition) is 2. The SMILES string of the molecule is CCC(C)N(C)c1cc2[nH]c(=O)oc2cc1N. The molecular formula is C12H17N3O2.